The van der Waals surface area contributed by atoms with Crippen molar-refractivity contribution in [3.8, 4) is 0 Å². The molecule has 32 heavy (non-hydrogen) atoms. The predicted octanol–water partition coefficient (Wildman–Crippen LogP) is 5.26. The Morgan fingerprint density at radius 3 is 2.31 bits per heavy atom. The number of benzene rings is 3. The molecule has 0 spiro atoms. The first kappa shape index (κ1) is 23.0. The van der Waals surface area contributed by atoms with Crippen molar-refractivity contribution in [2.45, 2.75) is 6.92 Å². The van der Waals surface area contributed by atoms with E-state index in [1.54, 1.807) is 24.3 Å². The van der Waals surface area contributed by atoms with Crippen molar-refractivity contribution in [1.29, 1.82) is 0 Å². The summed E-state index contributed by atoms with van der Waals surface area (Å²) >= 11 is 6.15. The van der Waals surface area contributed by atoms with Crippen LogP contribution in [0.4, 0.5) is 15.8 Å². The third-order valence-corrected chi connectivity index (χ3v) is 5.17. The number of carbonyl (C=O) groups excluding carboxylic acids is 2. The first-order valence-electron chi connectivity index (χ1n) is 9.87. The average Bonchev–Trinajstić information content (AvgIpc) is 2.76. The molecule has 3 aromatic carbocycles. The third kappa shape index (κ3) is 5.74. The molecule has 0 fully saturated rings. The van der Waals surface area contributed by atoms with Gasteiger partial charge in [-0.1, -0.05) is 41.9 Å². The van der Waals surface area contributed by atoms with E-state index in [-0.39, 0.29) is 11.3 Å². The van der Waals surface area contributed by atoms with Gasteiger partial charge >= 0.3 is 0 Å². The lowest BCUT2D eigenvalue weighted by atomic mass is 10.1. The quantitative estimate of drug-likeness (QED) is 0.502. The molecule has 2 amide bonds. The number of hydrogen-bond acceptors (Lipinski definition) is 3. The number of nitrogens with one attached hydrogen (secondary N) is 2. The Morgan fingerprint density at radius 2 is 1.69 bits per heavy atom. The van der Waals surface area contributed by atoms with Gasteiger partial charge in [-0.15, -0.1) is 0 Å². The molecule has 3 rings (SSSR count). The minimum absolute atomic E-state index is 0.0347. The maximum absolute atomic E-state index is 14.1. The Kier molecular flexibility index (Phi) is 7.28. The van der Waals surface area contributed by atoms with Gasteiger partial charge in [-0.05, 0) is 60.5 Å². The fraction of sp³-hybridized carbons (Fsp3) is 0.120. The molecule has 0 aromatic heterocycles. The molecule has 7 heteroatoms. The average molecular weight is 452 g/mol. The molecular weight excluding hydrogens is 429 g/mol. The smallest absolute Gasteiger partial charge is 0.272 e. The highest BCUT2D eigenvalue weighted by atomic mass is 35.5. The number of aryl methyl sites for hydroxylation is 1. The molecule has 0 unspecified atom stereocenters. The Balaban J connectivity index is 1.92. The first-order valence-corrected chi connectivity index (χ1v) is 10.2. The molecule has 0 radical (unpaired) electrons. The summed E-state index contributed by atoms with van der Waals surface area (Å²) in [5, 5.41) is 5.76. The zero-order valence-corrected chi connectivity index (χ0v) is 18.7. The highest BCUT2D eigenvalue weighted by Gasteiger charge is 2.17. The SMILES string of the molecule is Cc1ccc(NC(=O)C(=Cc2ccc(N(C)C)cc2)NC(=O)c2ccccc2F)cc1Cl. The largest absolute Gasteiger partial charge is 0.378 e. The Labute approximate surface area is 191 Å². The molecule has 2 N–H and O–H groups in total. The Bertz CT molecular complexity index is 1170. The van der Waals surface area contributed by atoms with Crippen molar-refractivity contribution < 1.29 is 14.0 Å². The highest BCUT2D eigenvalue weighted by molar-refractivity contribution is 6.31. The monoisotopic (exact) mass is 451 g/mol. The maximum Gasteiger partial charge on any atom is 0.272 e. The maximum atomic E-state index is 14.1. The Morgan fingerprint density at radius 1 is 1.00 bits per heavy atom. The van der Waals surface area contributed by atoms with Crippen LogP contribution in [0.25, 0.3) is 6.08 Å². The molecular formula is C25H23ClFN3O2. The van der Waals surface area contributed by atoms with Crippen molar-refractivity contribution in [3.05, 3.63) is 100.0 Å². The molecule has 0 heterocycles. The second-order valence-electron chi connectivity index (χ2n) is 7.40. The summed E-state index contributed by atoms with van der Waals surface area (Å²) < 4.78 is 14.1. The van der Waals surface area contributed by atoms with Crippen LogP contribution in [0.2, 0.25) is 5.02 Å². The molecule has 3 aromatic rings. The van der Waals surface area contributed by atoms with Gasteiger partial charge in [0.2, 0.25) is 0 Å². The van der Waals surface area contributed by atoms with Crippen LogP contribution in [-0.4, -0.2) is 25.9 Å². The van der Waals surface area contributed by atoms with Crippen LogP contribution in [0.15, 0.2) is 72.4 Å². The lowest BCUT2D eigenvalue weighted by Crippen LogP contribution is -2.31. The van der Waals surface area contributed by atoms with E-state index < -0.39 is 17.6 Å². The lowest BCUT2D eigenvalue weighted by molar-refractivity contribution is -0.113. The molecule has 0 saturated heterocycles. The number of amides is 2. The van der Waals surface area contributed by atoms with Gasteiger partial charge in [0.15, 0.2) is 0 Å². The summed E-state index contributed by atoms with van der Waals surface area (Å²) in [7, 11) is 3.84. The molecule has 164 valence electrons. The number of halogens is 2. The van der Waals surface area contributed by atoms with Crippen molar-refractivity contribution >= 4 is 40.9 Å². The van der Waals surface area contributed by atoms with Gasteiger partial charge < -0.3 is 15.5 Å². The zero-order chi connectivity index (χ0) is 23.3. The Hall–Kier alpha value is -3.64. The van der Waals surface area contributed by atoms with E-state index in [1.807, 2.05) is 50.2 Å². The van der Waals surface area contributed by atoms with Gasteiger partial charge in [0.25, 0.3) is 11.8 Å². The van der Waals surface area contributed by atoms with Crippen molar-refractivity contribution in [2.24, 2.45) is 0 Å². The second-order valence-corrected chi connectivity index (χ2v) is 7.80. The number of carbonyl (C=O) groups is 2. The van der Waals surface area contributed by atoms with Crippen LogP contribution in [0, 0.1) is 12.7 Å². The fourth-order valence-electron chi connectivity index (χ4n) is 2.90. The van der Waals surface area contributed by atoms with Gasteiger partial charge in [-0.2, -0.15) is 0 Å². The van der Waals surface area contributed by atoms with Gasteiger partial charge in [-0.25, -0.2) is 4.39 Å². The normalized spacial score (nSPS) is 11.1. The molecule has 0 atom stereocenters. The fourth-order valence-corrected chi connectivity index (χ4v) is 3.08. The minimum Gasteiger partial charge on any atom is -0.378 e. The predicted molar refractivity (Wildman–Crippen MR) is 127 cm³/mol. The van der Waals surface area contributed by atoms with Crippen LogP contribution in [0.5, 0.6) is 0 Å². The van der Waals surface area contributed by atoms with E-state index >= 15 is 0 Å². The third-order valence-electron chi connectivity index (χ3n) is 4.76. The number of nitrogens with zero attached hydrogens (tertiary/aromatic N) is 1. The molecule has 0 saturated carbocycles. The van der Waals surface area contributed by atoms with E-state index in [2.05, 4.69) is 10.6 Å². The van der Waals surface area contributed by atoms with Crippen molar-refractivity contribution in [1.82, 2.24) is 5.32 Å². The molecule has 5 nitrogen and oxygen atoms in total. The first-order chi connectivity index (χ1) is 15.2. The van der Waals surface area contributed by atoms with Crippen LogP contribution in [0.1, 0.15) is 21.5 Å². The van der Waals surface area contributed by atoms with Crippen LogP contribution >= 0.6 is 11.6 Å². The van der Waals surface area contributed by atoms with E-state index in [0.29, 0.717) is 16.3 Å². The van der Waals surface area contributed by atoms with Gasteiger partial charge in [-0.3, -0.25) is 9.59 Å². The standard InChI is InChI=1S/C25H23ClFN3O2/c1-16-8-11-18(15-21(16)26)28-25(32)23(14-17-9-12-19(13-10-17)30(2)3)29-24(31)20-6-4-5-7-22(20)27/h4-15H,1-3H3,(H,28,32)(H,29,31). The van der Waals surface area contributed by atoms with E-state index in [9.17, 15) is 14.0 Å². The summed E-state index contributed by atoms with van der Waals surface area (Å²) in [6.45, 7) is 1.85. The van der Waals surface area contributed by atoms with E-state index in [4.69, 9.17) is 11.6 Å². The lowest BCUT2D eigenvalue weighted by Gasteiger charge is -2.14. The van der Waals surface area contributed by atoms with Crippen molar-refractivity contribution in [2.75, 3.05) is 24.3 Å². The number of rotatable bonds is 6. The minimum atomic E-state index is -0.726. The number of anilines is 2. The highest BCUT2D eigenvalue weighted by Crippen LogP contribution is 2.21. The van der Waals surface area contributed by atoms with Crippen molar-refractivity contribution in [3.63, 3.8) is 0 Å². The molecule has 0 aliphatic carbocycles. The summed E-state index contributed by atoms with van der Waals surface area (Å²) in [6, 6.07) is 18.1. The summed E-state index contributed by atoms with van der Waals surface area (Å²) in [4.78, 5) is 27.6. The second kappa shape index (κ2) is 10.1. The zero-order valence-electron chi connectivity index (χ0n) is 17.9. The molecule has 0 aliphatic rings. The summed E-state index contributed by atoms with van der Waals surface area (Å²) in [5.41, 5.74) is 2.82. The summed E-state index contributed by atoms with van der Waals surface area (Å²) in [5.74, 6) is -1.96. The summed E-state index contributed by atoms with van der Waals surface area (Å²) in [6.07, 6.45) is 1.53. The molecule has 0 bridgehead atoms. The molecule has 0 aliphatic heterocycles. The van der Waals surface area contributed by atoms with E-state index in [0.717, 1.165) is 11.3 Å². The van der Waals surface area contributed by atoms with Gasteiger partial charge in [0.05, 0.1) is 5.56 Å². The topological polar surface area (TPSA) is 61.4 Å². The van der Waals surface area contributed by atoms with E-state index in [1.165, 1.54) is 24.3 Å². The van der Waals surface area contributed by atoms with Crippen LogP contribution < -0.4 is 15.5 Å². The van der Waals surface area contributed by atoms with Crippen LogP contribution in [0.3, 0.4) is 0 Å². The number of hydrogen-bond donors (Lipinski definition) is 2. The van der Waals surface area contributed by atoms with Crippen LogP contribution in [-0.2, 0) is 4.79 Å². The van der Waals surface area contributed by atoms with Gasteiger partial charge in [0, 0.05) is 30.5 Å². The van der Waals surface area contributed by atoms with Gasteiger partial charge in [0.1, 0.15) is 11.5 Å².